The maximum Gasteiger partial charge on any atom is 0.356 e. The van der Waals surface area contributed by atoms with Crippen LogP contribution < -0.4 is 0 Å². The standard InChI is InChI=1S/C19H14N2O7S/c22-8-15-16(19(24)28-10-11-1-3-13(4-2-11)21(25)26)20-17(23)14(18(20)29-15)7-12-5-6-27-9-12/h1-7,9,18,22H,8,10H2/t18-/m1/s1. The maximum atomic E-state index is 12.6. The van der Waals surface area contributed by atoms with Crippen LogP contribution in [0.3, 0.4) is 0 Å². The molecule has 2 aliphatic heterocycles. The molecule has 1 aromatic heterocycles. The third kappa shape index (κ3) is 3.43. The molecule has 29 heavy (non-hydrogen) atoms. The van der Waals surface area contributed by atoms with Gasteiger partial charge in [-0.3, -0.25) is 19.8 Å². The zero-order valence-electron chi connectivity index (χ0n) is 14.8. The van der Waals surface area contributed by atoms with Crippen LogP contribution in [-0.4, -0.2) is 38.8 Å². The Morgan fingerprint density at radius 3 is 2.72 bits per heavy atom. The van der Waals surface area contributed by atoms with Gasteiger partial charge in [0.2, 0.25) is 0 Å². The van der Waals surface area contributed by atoms with E-state index in [2.05, 4.69) is 0 Å². The van der Waals surface area contributed by atoms with Crippen LogP contribution in [0.4, 0.5) is 5.69 Å². The molecule has 0 aliphatic carbocycles. The minimum atomic E-state index is -0.738. The average molecular weight is 414 g/mol. The summed E-state index contributed by atoms with van der Waals surface area (Å²) >= 11 is 1.22. The summed E-state index contributed by atoms with van der Waals surface area (Å²) in [4.78, 5) is 37.0. The van der Waals surface area contributed by atoms with Crippen molar-refractivity contribution in [1.29, 1.82) is 0 Å². The first-order chi connectivity index (χ1) is 14.0. The average Bonchev–Trinajstić information content (AvgIpc) is 3.36. The number of aliphatic hydroxyl groups is 1. The van der Waals surface area contributed by atoms with E-state index in [0.717, 1.165) is 5.56 Å². The number of aliphatic hydroxyl groups excluding tert-OH is 1. The minimum absolute atomic E-state index is 0.0266. The number of hydrogen-bond donors (Lipinski definition) is 1. The number of esters is 1. The number of carbonyl (C=O) groups excluding carboxylic acids is 2. The van der Waals surface area contributed by atoms with Gasteiger partial charge in [-0.05, 0) is 29.8 Å². The van der Waals surface area contributed by atoms with Gasteiger partial charge in [-0.2, -0.15) is 0 Å². The molecule has 148 valence electrons. The molecule has 0 bridgehead atoms. The Morgan fingerprint density at radius 1 is 1.34 bits per heavy atom. The van der Waals surface area contributed by atoms with Crippen LogP contribution in [-0.2, 0) is 20.9 Å². The summed E-state index contributed by atoms with van der Waals surface area (Å²) < 4.78 is 10.3. The number of hydrogen-bond acceptors (Lipinski definition) is 8. The topological polar surface area (TPSA) is 123 Å². The van der Waals surface area contributed by atoms with Crippen LogP contribution in [0.5, 0.6) is 0 Å². The molecule has 1 fully saturated rings. The Morgan fingerprint density at radius 2 is 2.10 bits per heavy atom. The Bertz CT molecular complexity index is 1040. The number of fused-ring (bicyclic) bond motifs is 1. The van der Waals surface area contributed by atoms with Crippen molar-refractivity contribution in [3.05, 3.63) is 80.3 Å². The molecule has 0 unspecified atom stereocenters. The molecule has 0 spiro atoms. The number of β-lactam (4-membered cyclic amide) rings is 1. The smallest absolute Gasteiger partial charge is 0.356 e. The molecule has 0 saturated carbocycles. The number of nitrogens with zero attached hydrogens (tertiary/aromatic N) is 2. The molecule has 1 saturated heterocycles. The maximum absolute atomic E-state index is 12.6. The van der Waals surface area contributed by atoms with Gasteiger partial charge in [0.1, 0.15) is 17.7 Å². The Kier molecular flexibility index (Phi) is 4.95. The first kappa shape index (κ1) is 19.0. The zero-order valence-corrected chi connectivity index (χ0v) is 15.6. The fourth-order valence-corrected chi connectivity index (χ4v) is 4.25. The van der Waals surface area contributed by atoms with Crippen molar-refractivity contribution in [3.8, 4) is 0 Å². The van der Waals surface area contributed by atoms with E-state index >= 15 is 0 Å². The van der Waals surface area contributed by atoms with Gasteiger partial charge >= 0.3 is 5.97 Å². The highest BCUT2D eigenvalue weighted by molar-refractivity contribution is 8.04. The predicted octanol–water partition coefficient (Wildman–Crippen LogP) is 2.43. The lowest BCUT2D eigenvalue weighted by Gasteiger charge is -2.37. The quantitative estimate of drug-likeness (QED) is 0.251. The molecule has 1 aromatic carbocycles. The van der Waals surface area contributed by atoms with Crippen LogP contribution in [0.25, 0.3) is 6.08 Å². The van der Waals surface area contributed by atoms with Crippen LogP contribution in [0.15, 0.2) is 63.5 Å². The molecule has 2 aliphatic rings. The van der Waals surface area contributed by atoms with Crippen LogP contribution in [0.1, 0.15) is 11.1 Å². The first-order valence-corrected chi connectivity index (χ1v) is 9.36. The van der Waals surface area contributed by atoms with Crippen molar-refractivity contribution >= 4 is 35.4 Å². The number of benzene rings is 1. The number of nitro benzene ring substituents is 1. The fourth-order valence-electron chi connectivity index (χ4n) is 3.01. The van der Waals surface area contributed by atoms with E-state index in [-0.39, 0.29) is 23.9 Å². The lowest BCUT2D eigenvalue weighted by atomic mass is 10.0. The number of ether oxygens (including phenoxy) is 1. The molecule has 4 rings (SSSR count). The Balaban J connectivity index is 1.46. The van der Waals surface area contributed by atoms with Gasteiger partial charge in [0.15, 0.2) is 0 Å². The zero-order chi connectivity index (χ0) is 20.5. The third-order valence-corrected chi connectivity index (χ3v) is 5.74. The van der Waals surface area contributed by atoms with Crippen LogP contribution >= 0.6 is 11.8 Å². The molecule has 3 heterocycles. The summed E-state index contributed by atoms with van der Waals surface area (Å²) in [6.07, 6.45) is 4.68. The third-order valence-electron chi connectivity index (χ3n) is 4.44. The van der Waals surface area contributed by atoms with E-state index in [9.17, 15) is 24.8 Å². The number of furan rings is 1. The van der Waals surface area contributed by atoms with E-state index in [0.29, 0.717) is 16.0 Å². The highest BCUT2D eigenvalue weighted by atomic mass is 32.2. The van der Waals surface area contributed by atoms with E-state index < -0.39 is 22.9 Å². The lowest BCUT2D eigenvalue weighted by Crippen LogP contribution is -2.51. The van der Waals surface area contributed by atoms with Gasteiger partial charge in [-0.1, -0.05) is 11.8 Å². The van der Waals surface area contributed by atoms with Crippen molar-refractivity contribution < 1.29 is 28.8 Å². The molecule has 1 atom stereocenters. The van der Waals surface area contributed by atoms with Gasteiger partial charge in [0.25, 0.3) is 11.6 Å². The number of rotatable bonds is 6. The lowest BCUT2D eigenvalue weighted by molar-refractivity contribution is -0.384. The van der Waals surface area contributed by atoms with E-state index in [1.165, 1.54) is 53.5 Å². The fraction of sp³-hybridized carbons (Fsp3) is 0.158. The molecule has 2 aromatic rings. The highest BCUT2D eigenvalue weighted by Crippen LogP contribution is 2.49. The van der Waals surface area contributed by atoms with E-state index in [4.69, 9.17) is 9.15 Å². The van der Waals surface area contributed by atoms with Crippen LogP contribution in [0, 0.1) is 10.1 Å². The Hall–Kier alpha value is -3.37. The number of thioether (sulfide) groups is 1. The van der Waals surface area contributed by atoms with Crippen molar-refractivity contribution in [1.82, 2.24) is 4.90 Å². The van der Waals surface area contributed by atoms with Gasteiger partial charge in [0.05, 0.1) is 29.6 Å². The summed E-state index contributed by atoms with van der Waals surface area (Å²) in [7, 11) is 0. The van der Waals surface area contributed by atoms with Crippen LogP contribution in [0.2, 0.25) is 0 Å². The van der Waals surface area contributed by atoms with E-state index in [1.54, 1.807) is 12.1 Å². The van der Waals surface area contributed by atoms with Gasteiger partial charge < -0.3 is 14.3 Å². The van der Waals surface area contributed by atoms with Crippen molar-refractivity contribution in [3.63, 3.8) is 0 Å². The summed E-state index contributed by atoms with van der Waals surface area (Å²) in [5, 5.41) is 19.9. The summed E-state index contributed by atoms with van der Waals surface area (Å²) in [6.45, 7) is -0.514. The molecule has 10 heteroatoms. The second-order valence-electron chi connectivity index (χ2n) is 6.23. The second kappa shape index (κ2) is 7.57. The normalized spacial score (nSPS) is 19.3. The molecule has 1 amide bonds. The summed E-state index contributed by atoms with van der Waals surface area (Å²) in [5.74, 6) is -1.08. The molecule has 9 nitrogen and oxygen atoms in total. The molecule has 1 N–H and O–H groups in total. The number of non-ortho nitro benzene ring substituents is 1. The predicted molar refractivity (Wildman–Crippen MR) is 102 cm³/mol. The largest absolute Gasteiger partial charge is 0.472 e. The minimum Gasteiger partial charge on any atom is -0.472 e. The van der Waals surface area contributed by atoms with Gasteiger partial charge in [-0.25, -0.2) is 4.79 Å². The first-order valence-electron chi connectivity index (χ1n) is 8.48. The second-order valence-corrected chi connectivity index (χ2v) is 7.41. The number of amides is 1. The highest BCUT2D eigenvalue weighted by Gasteiger charge is 2.52. The van der Waals surface area contributed by atoms with E-state index in [1.807, 2.05) is 0 Å². The van der Waals surface area contributed by atoms with Crippen molar-refractivity contribution in [2.24, 2.45) is 0 Å². The Labute approximate surface area is 168 Å². The number of carbonyl (C=O) groups is 2. The SMILES string of the molecule is O=C(OCc1ccc([N+](=O)[O-])cc1)C1=C(CO)S[C@@H]2C(=Cc3ccoc3)C(=O)N12. The summed E-state index contributed by atoms with van der Waals surface area (Å²) in [6, 6.07) is 7.31. The van der Waals surface area contributed by atoms with Gasteiger partial charge in [0, 0.05) is 22.6 Å². The van der Waals surface area contributed by atoms with Crippen molar-refractivity contribution in [2.75, 3.05) is 6.61 Å². The number of nitro groups is 1. The summed E-state index contributed by atoms with van der Waals surface area (Å²) in [5.41, 5.74) is 1.75. The monoisotopic (exact) mass is 414 g/mol. The molecular formula is C19H14N2O7S. The van der Waals surface area contributed by atoms with Gasteiger partial charge in [-0.15, -0.1) is 0 Å². The molecular weight excluding hydrogens is 400 g/mol. The van der Waals surface area contributed by atoms with Crippen molar-refractivity contribution in [2.45, 2.75) is 12.0 Å². The molecule has 0 radical (unpaired) electrons.